The SMILES string of the molecule is C=Cc1c(C(C)C)cc2ccccc2c1C=C. The van der Waals surface area contributed by atoms with Crippen LogP contribution in [0.3, 0.4) is 0 Å². The summed E-state index contributed by atoms with van der Waals surface area (Å²) in [6.45, 7) is 12.3. The molecule has 17 heavy (non-hydrogen) atoms. The summed E-state index contributed by atoms with van der Waals surface area (Å²) in [6.07, 6.45) is 3.88. The molecule has 0 aliphatic rings. The summed E-state index contributed by atoms with van der Waals surface area (Å²) >= 11 is 0. The van der Waals surface area contributed by atoms with Gasteiger partial charge in [-0.05, 0) is 33.4 Å². The maximum Gasteiger partial charge on any atom is -0.0105 e. The Labute approximate surface area is 103 Å². The summed E-state index contributed by atoms with van der Waals surface area (Å²) in [4.78, 5) is 0. The first-order valence-corrected chi connectivity index (χ1v) is 5.99. The number of rotatable bonds is 3. The van der Waals surface area contributed by atoms with Gasteiger partial charge < -0.3 is 0 Å². The second kappa shape index (κ2) is 4.58. The van der Waals surface area contributed by atoms with Crippen LogP contribution in [0.15, 0.2) is 43.5 Å². The highest BCUT2D eigenvalue weighted by Crippen LogP contribution is 2.31. The third-order valence-corrected chi connectivity index (χ3v) is 3.19. The first kappa shape index (κ1) is 11.7. The molecule has 0 heterocycles. The van der Waals surface area contributed by atoms with Crippen LogP contribution >= 0.6 is 0 Å². The van der Waals surface area contributed by atoms with Gasteiger partial charge in [0.05, 0.1) is 0 Å². The van der Waals surface area contributed by atoms with Crippen LogP contribution in [0.2, 0.25) is 0 Å². The fraction of sp³-hybridized carbons (Fsp3) is 0.176. The average Bonchev–Trinajstić information content (AvgIpc) is 2.36. The molecule has 0 N–H and O–H groups in total. The van der Waals surface area contributed by atoms with Crippen LogP contribution in [0.5, 0.6) is 0 Å². The fourth-order valence-electron chi connectivity index (χ4n) is 2.34. The molecule has 0 heteroatoms. The zero-order valence-electron chi connectivity index (χ0n) is 10.5. The quantitative estimate of drug-likeness (QED) is 0.665. The van der Waals surface area contributed by atoms with Crippen molar-refractivity contribution < 1.29 is 0 Å². The van der Waals surface area contributed by atoms with Crippen LogP contribution in [0.4, 0.5) is 0 Å². The molecule has 0 unspecified atom stereocenters. The van der Waals surface area contributed by atoms with Crippen LogP contribution in [0.25, 0.3) is 22.9 Å². The Hall–Kier alpha value is -1.82. The van der Waals surface area contributed by atoms with Gasteiger partial charge in [0.1, 0.15) is 0 Å². The van der Waals surface area contributed by atoms with Crippen molar-refractivity contribution in [2.45, 2.75) is 19.8 Å². The standard InChI is InChI=1S/C17H18/c1-5-14-15(6-2)17(12(3)4)11-13-9-7-8-10-16(13)14/h5-12H,1-2H2,3-4H3. The van der Waals surface area contributed by atoms with E-state index in [-0.39, 0.29) is 0 Å². The van der Waals surface area contributed by atoms with Crippen LogP contribution in [0.1, 0.15) is 36.5 Å². The van der Waals surface area contributed by atoms with Crippen molar-refractivity contribution in [3.63, 3.8) is 0 Å². The zero-order chi connectivity index (χ0) is 12.4. The maximum absolute atomic E-state index is 3.94. The van der Waals surface area contributed by atoms with Crippen LogP contribution < -0.4 is 0 Å². The van der Waals surface area contributed by atoms with E-state index in [2.05, 4.69) is 57.3 Å². The highest BCUT2D eigenvalue weighted by atomic mass is 14.1. The fourth-order valence-corrected chi connectivity index (χ4v) is 2.34. The highest BCUT2D eigenvalue weighted by molar-refractivity contribution is 5.95. The van der Waals surface area contributed by atoms with E-state index in [0.717, 1.165) is 0 Å². The van der Waals surface area contributed by atoms with Gasteiger partial charge in [-0.3, -0.25) is 0 Å². The highest BCUT2D eigenvalue weighted by Gasteiger charge is 2.11. The molecule has 0 nitrogen and oxygen atoms in total. The summed E-state index contributed by atoms with van der Waals surface area (Å²) in [7, 11) is 0. The van der Waals surface area contributed by atoms with Gasteiger partial charge in [0, 0.05) is 0 Å². The Balaban J connectivity index is 2.93. The predicted molar refractivity (Wildman–Crippen MR) is 78.2 cm³/mol. The summed E-state index contributed by atoms with van der Waals surface area (Å²) in [5, 5.41) is 2.53. The maximum atomic E-state index is 3.94. The van der Waals surface area contributed by atoms with E-state index in [9.17, 15) is 0 Å². The monoisotopic (exact) mass is 222 g/mol. The molecular weight excluding hydrogens is 204 g/mol. The summed E-state index contributed by atoms with van der Waals surface area (Å²) in [5.74, 6) is 0.492. The average molecular weight is 222 g/mol. The van der Waals surface area contributed by atoms with Gasteiger partial charge in [0.2, 0.25) is 0 Å². The molecule has 0 bridgehead atoms. The molecule has 0 saturated heterocycles. The molecule has 0 aliphatic heterocycles. The molecule has 0 aliphatic carbocycles. The Morgan fingerprint density at radius 2 is 1.65 bits per heavy atom. The molecule has 0 atom stereocenters. The van der Waals surface area contributed by atoms with Crippen molar-refractivity contribution in [1.82, 2.24) is 0 Å². The normalized spacial score (nSPS) is 10.8. The van der Waals surface area contributed by atoms with Crippen molar-refractivity contribution in [2.75, 3.05) is 0 Å². The van der Waals surface area contributed by atoms with Crippen molar-refractivity contribution in [1.29, 1.82) is 0 Å². The molecule has 0 spiro atoms. The predicted octanol–water partition coefficient (Wildman–Crippen LogP) is 5.25. The van der Waals surface area contributed by atoms with Crippen LogP contribution in [0, 0.1) is 0 Å². The van der Waals surface area contributed by atoms with E-state index in [0.29, 0.717) is 5.92 Å². The van der Waals surface area contributed by atoms with E-state index < -0.39 is 0 Å². The molecule has 0 aromatic heterocycles. The Bertz CT molecular complexity index is 574. The summed E-state index contributed by atoms with van der Waals surface area (Å²) in [6, 6.07) is 10.7. The van der Waals surface area contributed by atoms with E-state index in [1.54, 1.807) is 0 Å². The van der Waals surface area contributed by atoms with Gasteiger partial charge >= 0.3 is 0 Å². The first-order chi connectivity index (χ1) is 8.19. The molecular formula is C17H18. The molecule has 2 aromatic rings. The molecule has 0 radical (unpaired) electrons. The smallest absolute Gasteiger partial charge is 0.0105 e. The number of hydrogen-bond donors (Lipinski definition) is 0. The minimum Gasteiger partial charge on any atom is -0.0984 e. The number of hydrogen-bond acceptors (Lipinski definition) is 0. The van der Waals surface area contributed by atoms with E-state index in [1.165, 1.54) is 27.5 Å². The minimum atomic E-state index is 0.492. The van der Waals surface area contributed by atoms with Crippen LogP contribution in [-0.4, -0.2) is 0 Å². The summed E-state index contributed by atoms with van der Waals surface area (Å²) in [5.41, 5.74) is 3.75. The topological polar surface area (TPSA) is 0 Å². The van der Waals surface area contributed by atoms with Crippen molar-refractivity contribution in [3.8, 4) is 0 Å². The Morgan fingerprint density at radius 1 is 1.00 bits per heavy atom. The lowest BCUT2D eigenvalue weighted by molar-refractivity contribution is 0.866. The lowest BCUT2D eigenvalue weighted by Gasteiger charge is -2.15. The largest absolute Gasteiger partial charge is 0.0984 e. The molecule has 0 fully saturated rings. The second-order valence-electron chi connectivity index (χ2n) is 4.58. The van der Waals surface area contributed by atoms with Gasteiger partial charge in [0.15, 0.2) is 0 Å². The Morgan fingerprint density at radius 3 is 2.24 bits per heavy atom. The lowest BCUT2D eigenvalue weighted by atomic mass is 9.89. The minimum absolute atomic E-state index is 0.492. The number of benzene rings is 2. The zero-order valence-corrected chi connectivity index (χ0v) is 10.5. The molecule has 2 rings (SSSR count). The molecule has 0 amide bonds. The van der Waals surface area contributed by atoms with E-state index in [1.807, 2.05) is 12.2 Å². The number of fused-ring (bicyclic) bond motifs is 1. The van der Waals surface area contributed by atoms with Gasteiger partial charge in [-0.1, -0.05) is 69.5 Å². The third kappa shape index (κ3) is 1.91. The van der Waals surface area contributed by atoms with Crippen molar-refractivity contribution in [2.24, 2.45) is 0 Å². The Kier molecular flexibility index (Phi) is 3.14. The van der Waals surface area contributed by atoms with Gasteiger partial charge in [-0.25, -0.2) is 0 Å². The van der Waals surface area contributed by atoms with Crippen molar-refractivity contribution in [3.05, 3.63) is 60.2 Å². The second-order valence-corrected chi connectivity index (χ2v) is 4.58. The first-order valence-electron chi connectivity index (χ1n) is 5.99. The molecule has 0 saturated carbocycles. The molecule has 86 valence electrons. The van der Waals surface area contributed by atoms with Gasteiger partial charge in [0.25, 0.3) is 0 Å². The molecule has 2 aromatic carbocycles. The summed E-state index contributed by atoms with van der Waals surface area (Å²) < 4.78 is 0. The van der Waals surface area contributed by atoms with E-state index >= 15 is 0 Å². The van der Waals surface area contributed by atoms with Gasteiger partial charge in [-0.2, -0.15) is 0 Å². The third-order valence-electron chi connectivity index (χ3n) is 3.19. The van der Waals surface area contributed by atoms with Gasteiger partial charge in [-0.15, -0.1) is 0 Å². The van der Waals surface area contributed by atoms with E-state index in [4.69, 9.17) is 0 Å². The lowest BCUT2D eigenvalue weighted by Crippen LogP contribution is -1.96. The van der Waals surface area contributed by atoms with Crippen molar-refractivity contribution >= 4 is 22.9 Å². The van der Waals surface area contributed by atoms with Crippen LogP contribution in [-0.2, 0) is 0 Å².